The molecule has 0 unspecified atom stereocenters. The van der Waals surface area contributed by atoms with Crippen LogP contribution in [0, 0.1) is 12.8 Å². The van der Waals surface area contributed by atoms with Crippen molar-refractivity contribution in [1.82, 2.24) is 25.0 Å². The Labute approximate surface area is 201 Å². The van der Waals surface area contributed by atoms with E-state index in [9.17, 15) is 9.59 Å². The maximum atomic E-state index is 13.1. The van der Waals surface area contributed by atoms with Gasteiger partial charge in [0.2, 0.25) is 0 Å². The molecule has 4 rings (SSSR count). The van der Waals surface area contributed by atoms with Crippen molar-refractivity contribution in [3.63, 3.8) is 0 Å². The van der Waals surface area contributed by atoms with Crippen molar-refractivity contribution in [2.45, 2.75) is 26.4 Å². The zero-order valence-corrected chi connectivity index (χ0v) is 20.2. The van der Waals surface area contributed by atoms with Crippen molar-refractivity contribution in [2.75, 3.05) is 19.6 Å². The van der Waals surface area contributed by atoms with Crippen molar-refractivity contribution < 1.29 is 14.3 Å². The van der Waals surface area contributed by atoms with Crippen LogP contribution in [0.5, 0.6) is 5.75 Å². The number of ether oxygens (including phenoxy) is 1. The summed E-state index contributed by atoms with van der Waals surface area (Å²) in [6, 6.07) is 7.15. The van der Waals surface area contributed by atoms with Gasteiger partial charge in [-0.05, 0) is 49.9 Å². The van der Waals surface area contributed by atoms with Gasteiger partial charge in [-0.25, -0.2) is 4.98 Å². The molecule has 1 fully saturated rings. The molecule has 1 saturated heterocycles. The number of aromatic nitrogens is 3. The number of likely N-dealkylation sites (tertiary alicyclic amines) is 1. The summed E-state index contributed by atoms with van der Waals surface area (Å²) < 4.78 is 7.37. The highest BCUT2D eigenvalue weighted by atomic mass is 35.5. The first-order valence-electron chi connectivity index (χ1n) is 10.8. The lowest BCUT2D eigenvalue weighted by molar-refractivity contribution is 0.0688. The molecular weight excluding hydrogens is 462 g/mol. The summed E-state index contributed by atoms with van der Waals surface area (Å²) in [4.78, 5) is 32.3. The van der Waals surface area contributed by atoms with Gasteiger partial charge in [0.15, 0.2) is 0 Å². The van der Waals surface area contributed by atoms with E-state index in [1.807, 2.05) is 11.8 Å². The van der Waals surface area contributed by atoms with Crippen LogP contribution in [0.15, 0.2) is 36.7 Å². The smallest absolute Gasteiger partial charge is 0.265 e. The number of hydrogen-bond acceptors (Lipinski definition) is 6. The minimum Gasteiger partial charge on any atom is -0.486 e. The number of hydrogen-bond donors (Lipinski definition) is 1. The molecule has 8 nitrogen and oxygen atoms in total. The van der Waals surface area contributed by atoms with Crippen LogP contribution in [0.25, 0.3) is 0 Å². The molecule has 2 aromatic heterocycles. The molecule has 0 saturated carbocycles. The third kappa shape index (κ3) is 5.91. The fourth-order valence-corrected chi connectivity index (χ4v) is 4.82. The lowest BCUT2D eigenvalue weighted by Crippen LogP contribution is -2.41. The van der Waals surface area contributed by atoms with Crippen molar-refractivity contribution in [2.24, 2.45) is 13.0 Å². The van der Waals surface area contributed by atoms with Gasteiger partial charge in [-0.1, -0.05) is 11.6 Å². The van der Waals surface area contributed by atoms with E-state index in [4.69, 9.17) is 16.3 Å². The Kier molecular flexibility index (Phi) is 7.29. The van der Waals surface area contributed by atoms with Gasteiger partial charge in [0.1, 0.15) is 22.2 Å². The van der Waals surface area contributed by atoms with Crippen LogP contribution in [0.2, 0.25) is 5.02 Å². The number of carbonyl (C=O) groups excluding carboxylic acids is 2. The third-order valence-electron chi connectivity index (χ3n) is 5.63. The van der Waals surface area contributed by atoms with E-state index in [0.717, 1.165) is 23.5 Å². The Morgan fingerprint density at radius 1 is 1.24 bits per heavy atom. The second kappa shape index (κ2) is 10.4. The number of halogens is 1. The van der Waals surface area contributed by atoms with Gasteiger partial charge in [0.05, 0.1) is 17.5 Å². The van der Waals surface area contributed by atoms with E-state index in [1.54, 1.807) is 48.4 Å². The molecule has 1 N–H and O–H groups in total. The first-order chi connectivity index (χ1) is 15.9. The van der Waals surface area contributed by atoms with Crippen LogP contribution in [0.1, 0.15) is 43.6 Å². The Morgan fingerprint density at radius 2 is 1.97 bits per heavy atom. The number of benzene rings is 1. The predicted octanol–water partition coefficient (Wildman–Crippen LogP) is 3.70. The van der Waals surface area contributed by atoms with Crippen LogP contribution < -0.4 is 10.1 Å². The third-order valence-corrected chi connectivity index (χ3v) is 7.00. The summed E-state index contributed by atoms with van der Waals surface area (Å²) in [7, 11) is 1.78. The minimum atomic E-state index is -0.116. The van der Waals surface area contributed by atoms with Crippen molar-refractivity contribution in [1.29, 1.82) is 0 Å². The zero-order chi connectivity index (χ0) is 23.4. The summed E-state index contributed by atoms with van der Waals surface area (Å²) in [5.74, 6) is 0.953. The zero-order valence-electron chi connectivity index (χ0n) is 18.6. The van der Waals surface area contributed by atoms with E-state index in [1.165, 1.54) is 11.3 Å². The highest BCUT2D eigenvalue weighted by Crippen LogP contribution is 2.25. The minimum absolute atomic E-state index is 0.0144. The highest BCUT2D eigenvalue weighted by molar-refractivity contribution is 7.13. The molecule has 1 aromatic carbocycles. The average molecular weight is 488 g/mol. The first kappa shape index (κ1) is 23.3. The summed E-state index contributed by atoms with van der Waals surface area (Å²) in [5, 5.41) is 8.42. The second-order valence-corrected chi connectivity index (χ2v) is 9.63. The van der Waals surface area contributed by atoms with Crippen LogP contribution in [-0.2, 0) is 13.7 Å². The number of nitrogens with zero attached hydrogens (tertiary/aromatic N) is 4. The van der Waals surface area contributed by atoms with E-state index in [2.05, 4.69) is 15.4 Å². The fraction of sp³-hybridized carbons (Fsp3) is 0.391. The topological polar surface area (TPSA) is 89.3 Å². The lowest BCUT2D eigenvalue weighted by atomic mass is 9.96. The molecule has 10 heteroatoms. The highest BCUT2D eigenvalue weighted by Gasteiger charge is 2.27. The summed E-state index contributed by atoms with van der Waals surface area (Å²) >= 11 is 7.28. The van der Waals surface area contributed by atoms with Gasteiger partial charge < -0.3 is 15.0 Å². The lowest BCUT2D eigenvalue weighted by Gasteiger charge is -2.31. The van der Waals surface area contributed by atoms with Crippen LogP contribution in [0.3, 0.4) is 0 Å². The first-order valence-corrected chi connectivity index (χ1v) is 12.0. The maximum absolute atomic E-state index is 13.1. The van der Waals surface area contributed by atoms with Crippen molar-refractivity contribution in [3.8, 4) is 5.75 Å². The maximum Gasteiger partial charge on any atom is 0.265 e. The number of piperidine rings is 1. The summed E-state index contributed by atoms with van der Waals surface area (Å²) in [6.45, 7) is 4.09. The average Bonchev–Trinajstić information content (AvgIpc) is 3.42. The van der Waals surface area contributed by atoms with E-state index in [0.29, 0.717) is 53.4 Å². The Bertz CT molecular complexity index is 1120. The monoisotopic (exact) mass is 487 g/mol. The van der Waals surface area contributed by atoms with Gasteiger partial charge in [-0.15, -0.1) is 11.3 Å². The van der Waals surface area contributed by atoms with Crippen LogP contribution in [-0.4, -0.2) is 51.1 Å². The normalized spacial score (nSPS) is 14.3. The van der Waals surface area contributed by atoms with Crippen molar-refractivity contribution >= 4 is 34.8 Å². The molecule has 174 valence electrons. The Morgan fingerprint density at radius 3 is 2.64 bits per heavy atom. The standard InChI is InChI=1S/C23H26ClN5O3S/c1-15-21(33-20(27-15)14-32-19-5-3-18(24)4-6-19)23(31)29-9-7-16(8-10-29)11-25-22(30)17-12-26-28(2)13-17/h3-6,12-13,16H,7-11,14H2,1-2H3,(H,25,30). The van der Waals surface area contributed by atoms with Gasteiger partial charge in [-0.2, -0.15) is 5.10 Å². The second-order valence-electron chi connectivity index (χ2n) is 8.11. The number of rotatable bonds is 7. The van der Waals surface area contributed by atoms with Crippen LogP contribution in [0.4, 0.5) is 0 Å². The van der Waals surface area contributed by atoms with Gasteiger partial charge >= 0.3 is 0 Å². The van der Waals surface area contributed by atoms with Gasteiger partial charge in [0, 0.05) is 37.9 Å². The van der Waals surface area contributed by atoms with Crippen LogP contribution >= 0.6 is 22.9 Å². The molecule has 33 heavy (non-hydrogen) atoms. The molecule has 2 amide bonds. The molecular formula is C23H26ClN5O3S. The molecule has 0 aliphatic carbocycles. The van der Waals surface area contributed by atoms with Gasteiger partial charge in [0.25, 0.3) is 11.8 Å². The van der Waals surface area contributed by atoms with Crippen molar-refractivity contribution in [3.05, 3.63) is 62.8 Å². The van der Waals surface area contributed by atoms with E-state index < -0.39 is 0 Å². The summed E-state index contributed by atoms with van der Waals surface area (Å²) in [5.41, 5.74) is 1.28. The largest absolute Gasteiger partial charge is 0.486 e. The molecule has 0 spiro atoms. The molecule has 1 aliphatic rings. The number of amides is 2. The molecule has 3 heterocycles. The number of nitrogens with one attached hydrogen (secondary N) is 1. The van der Waals surface area contributed by atoms with E-state index >= 15 is 0 Å². The molecule has 0 bridgehead atoms. The summed E-state index contributed by atoms with van der Waals surface area (Å²) in [6.07, 6.45) is 4.96. The molecule has 1 aliphatic heterocycles. The quantitative estimate of drug-likeness (QED) is 0.549. The fourth-order valence-electron chi connectivity index (χ4n) is 3.75. The van der Waals surface area contributed by atoms with E-state index in [-0.39, 0.29) is 11.8 Å². The Balaban J connectivity index is 1.26. The number of thiazole rings is 1. The molecule has 3 aromatic rings. The molecule has 0 radical (unpaired) electrons. The molecule has 0 atom stereocenters. The number of carbonyl (C=O) groups is 2. The SMILES string of the molecule is Cc1nc(COc2ccc(Cl)cc2)sc1C(=O)N1CCC(CNC(=O)c2cnn(C)c2)CC1. The number of aryl methyl sites for hydroxylation is 2. The predicted molar refractivity (Wildman–Crippen MR) is 127 cm³/mol. The Hall–Kier alpha value is -2.91. The van der Waals surface area contributed by atoms with Gasteiger partial charge in [-0.3, -0.25) is 14.3 Å².